The van der Waals surface area contributed by atoms with Crippen LogP contribution in [0.15, 0.2) is 46.1 Å². The number of rotatable bonds is 16. The zero-order valence-electron chi connectivity index (χ0n) is 22.3. The van der Waals surface area contributed by atoms with Crippen LogP contribution in [0, 0.1) is 5.82 Å². The fourth-order valence-electron chi connectivity index (χ4n) is 3.88. The van der Waals surface area contributed by atoms with E-state index < -0.39 is 61.9 Å². The van der Waals surface area contributed by atoms with Crippen LogP contribution in [0.2, 0.25) is 0 Å². The van der Waals surface area contributed by atoms with Crippen molar-refractivity contribution < 1.29 is 37.4 Å². The summed E-state index contributed by atoms with van der Waals surface area (Å²) in [7, 11) is -4.26. The quantitative estimate of drug-likeness (QED) is 0.147. The van der Waals surface area contributed by atoms with E-state index in [0.29, 0.717) is 18.4 Å². The van der Waals surface area contributed by atoms with Crippen molar-refractivity contribution in [3.63, 3.8) is 0 Å². The number of hydrogen-bond acceptors (Lipinski definition) is 10. The Bertz CT molecular complexity index is 1260. The van der Waals surface area contributed by atoms with E-state index in [4.69, 9.17) is 18.5 Å². The Kier molecular flexibility index (Phi) is 12.4. The summed E-state index contributed by atoms with van der Waals surface area (Å²) in [5.74, 6) is -1.02. The first-order valence-electron chi connectivity index (χ1n) is 12.9. The van der Waals surface area contributed by atoms with Gasteiger partial charge in [-0.05, 0) is 37.0 Å². The topological polar surface area (TPSA) is 158 Å². The Morgan fingerprint density at radius 1 is 1.32 bits per heavy atom. The highest BCUT2D eigenvalue weighted by atomic mass is 32.2. The maximum atomic E-state index is 13.9. The average Bonchev–Trinajstić information content (AvgIpc) is 3.30. The molecule has 0 radical (unpaired) electrons. The van der Waals surface area contributed by atoms with Crippen LogP contribution in [-0.2, 0) is 23.4 Å². The maximum Gasteiger partial charge on any atom is 0.459 e. The zero-order valence-corrected chi connectivity index (χ0v) is 24.0. The number of ether oxygens (including phenoxy) is 2. The minimum atomic E-state index is -4.26. The highest BCUT2D eigenvalue weighted by molar-refractivity contribution is 7.98. The second-order valence-electron chi connectivity index (χ2n) is 9.11. The van der Waals surface area contributed by atoms with Gasteiger partial charge in [0.1, 0.15) is 24.1 Å². The van der Waals surface area contributed by atoms with Crippen molar-refractivity contribution in [3.05, 3.63) is 63.2 Å². The number of unbranched alkanes of at least 4 members (excludes halogenated alkanes) is 2. The van der Waals surface area contributed by atoms with Gasteiger partial charge in [0.05, 0.1) is 25.5 Å². The van der Waals surface area contributed by atoms with Crippen LogP contribution in [0.3, 0.4) is 0 Å². The summed E-state index contributed by atoms with van der Waals surface area (Å²) in [5, 5.41) is 13.2. The standard InChI is InChI=1S/C25H35FN3O9PS/c1-3-4-8-12-35-24(32)19(11-13-40-2)28-39(34,38-17-9-6-5-7-10-17)36-16-21-20(30)14-22(37-21)29-15-18(26)23(31)27-25(29)33/h5-7,9-10,15,19-22,30H,3-4,8,11-14,16H2,1-2H3,(H,28,34)(H,27,31,33)/t19-,20-,21+,22+,39?/m0/s1. The number of para-hydroxylation sites is 1. The highest BCUT2D eigenvalue weighted by Crippen LogP contribution is 2.46. The second kappa shape index (κ2) is 15.5. The number of aliphatic hydroxyl groups excluding tert-OH is 1. The molecule has 0 spiro atoms. The summed E-state index contributed by atoms with van der Waals surface area (Å²) in [6, 6.07) is 7.20. The molecule has 222 valence electrons. The Hall–Kier alpha value is -2.48. The van der Waals surface area contributed by atoms with Crippen LogP contribution in [0.5, 0.6) is 5.75 Å². The molecule has 1 aromatic carbocycles. The number of aliphatic hydroxyl groups is 1. The van der Waals surface area contributed by atoms with Gasteiger partial charge in [-0.2, -0.15) is 21.2 Å². The lowest BCUT2D eigenvalue weighted by molar-refractivity contribution is -0.146. The Labute approximate surface area is 235 Å². The number of nitrogens with one attached hydrogen (secondary N) is 2. The number of aromatic amines is 1. The van der Waals surface area contributed by atoms with Gasteiger partial charge in [0.15, 0.2) is 0 Å². The summed E-state index contributed by atoms with van der Waals surface area (Å²) in [4.78, 5) is 38.2. The number of H-pyrrole nitrogens is 1. The highest BCUT2D eigenvalue weighted by Gasteiger charge is 2.40. The van der Waals surface area contributed by atoms with Gasteiger partial charge in [-0.25, -0.2) is 9.36 Å². The summed E-state index contributed by atoms with van der Waals surface area (Å²) >= 11 is 1.50. The molecule has 0 amide bonds. The van der Waals surface area contributed by atoms with E-state index in [1.165, 1.54) is 11.8 Å². The zero-order chi connectivity index (χ0) is 29.1. The smallest absolute Gasteiger partial charge is 0.459 e. The molecule has 5 atom stereocenters. The summed E-state index contributed by atoms with van der Waals surface area (Å²) in [5.41, 5.74) is -2.09. The SMILES string of the molecule is CCCCCOC(=O)[C@H](CCSC)NP(=O)(OC[C@H]1O[C@@H](n2cc(F)c(=O)[nH]c2=O)C[C@@H]1O)Oc1ccccc1. The summed E-state index contributed by atoms with van der Waals surface area (Å²) in [6.45, 7) is 1.79. The molecule has 12 nitrogen and oxygen atoms in total. The van der Waals surface area contributed by atoms with Crippen molar-refractivity contribution in [2.45, 2.75) is 63.5 Å². The number of aromatic nitrogens is 2. The van der Waals surface area contributed by atoms with E-state index in [1.54, 1.807) is 30.3 Å². The lowest BCUT2D eigenvalue weighted by Gasteiger charge is -2.26. The van der Waals surface area contributed by atoms with E-state index in [1.807, 2.05) is 18.2 Å². The van der Waals surface area contributed by atoms with Gasteiger partial charge in [-0.1, -0.05) is 38.0 Å². The minimum absolute atomic E-state index is 0.128. The second-order valence-corrected chi connectivity index (χ2v) is 11.8. The number of esters is 1. The van der Waals surface area contributed by atoms with E-state index in [9.17, 15) is 28.4 Å². The number of benzene rings is 1. The molecule has 0 bridgehead atoms. The minimum Gasteiger partial charge on any atom is -0.465 e. The van der Waals surface area contributed by atoms with Crippen molar-refractivity contribution in [1.82, 2.24) is 14.6 Å². The molecule has 2 heterocycles. The predicted octanol–water partition coefficient (Wildman–Crippen LogP) is 2.97. The van der Waals surface area contributed by atoms with Crippen molar-refractivity contribution in [1.29, 1.82) is 0 Å². The maximum absolute atomic E-state index is 13.9. The van der Waals surface area contributed by atoms with Crippen LogP contribution in [-0.4, -0.2) is 64.1 Å². The van der Waals surface area contributed by atoms with Crippen LogP contribution in [0.4, 0.5) is 4.39 Å². The third kappa shape index (κ3) is 9.28. The van der Waals surface area contributed by atoms with Gasteiger partial charge in [0.2, 0.25) is 5.82 Å². The normalized spacial score (nSPS) is 21.1. The molecular weight excluding hydrogens is 568 g/mol. The fourth-order valence-corrected chi connectivity index (χ4v) is 5.89. The molecule has 1 saturated heterocycles. The Balaban J connectivity index is 1.75. The molecule has 1 fully saturated rings. The number of nitrogens with zero attached hydrogens (tertiary/aromatic N) is 1. The van der Waals surface area contributed by atoms with Gasteiger partial charge in [0.25, 0.3) is 5.56 Å². The lowest BCUT2D eigenvalue weighted by Crippen LogP contribution is -2.39. The number of thioether (sulfide) groups is 1. The molecule has 2 aromatic rings. The van der Waals surface area contributed by atoms with Crippen molar-refractivity contribution >= 4 is 25.5 Å². The summed E-state index contributed by atoms with van der Waals surface area (Å²) < 4.78 is 50.9. The van der Waals surface area contributed by atoms with Crippen LogP contribution >= 0.6 is 19.5 Å². The number of carbonyl (C=O) groups is 1. The van der Waals surface area contributed by atoms with Crippen molar-refractivity contribution in [2.75, 3.05) is 25.2 Å². The molecule has 1 aliphatic heterocycles. The largest absolute Gasteiger partial charge is 0.465 e. The first-order valence-corrected chi connectivity index (χ1v) is 15.9. The number of hydrogen-bond donors (Lipinski definition) is 3. The third-order valence-electron chi connectivity index (χ3n) is 6.02. The summed E-state index contributed by atoms with van der Waals surface area (Å²) in [6.07, 6.45) is 1.88. The Morgan fingerprint density at radius 2 is 2.08 bits per heavy atom. The van der Waals surface area contributed by atoms with E-state index >= 15 is 0 Å². The number of carbonyl (C=O) groups excluding carboxylic acids is 1. The van der Waals surface area contributed by atoms with Gasteiger partial charge in [0, 0.05) is 6.42 Å². The van der Waals surface area contributed by atoms with Crippen LogP contribution in [0.25, 0.3) is 0 Å². The number of halogens is 1. The fraction of sp³-hybridized carbons (Fsp3) is 0.560. The molecule has 0 aliphatic carbocycles. The van der Waals surface area contributed by atoms with Crippen molar-refractivity contribution in [3.8, 4) is 5.75 Å². The first-order chi connectivity index (χ1) is 19.2. The lowest BCUT2D eigenvalue weighted by atomic mass is 10.2. The monoisotopic (exact) mass is 603 g/mol. The molecule has 3 rings (SSSR count). The van der Waals surface area contributed by atoms with E-state index in [-0.39, 0.29) is 25.2 Å². The van der Waals surface area contributed by atoms with Gasteiger partial charge >= 0.3 is 19.4 Å². The third-order valence-corrected chi connectivity index (χ3v) is 8.23. The van der Waals surface area contributed by atoms with Gasteiger partial charge < -0.3 is 19.1 Å². The molecule has 15 heteroatoms. The molecule has 0 saturated carbocycles. The Morgan fingerprint density at radius 3 is 2.77 bits per heavy atom. The van der Waals surface area contributed by atoms with Crippen molar-refractivity contribution in [2.24, 2.45) is 0 Å². The molecule has 40 heavy (non-hydrogen) atoms. The van der Waals surface area contributed by atoms with Gasteiger partial charge in [-0.15, -0.1) is 0 Å². The molecule has 1 aliphatic rings. The molecule has 3 N–H and O–H groups in total. The van der Waals surface area contributed by atoms with Crippen LogP contribution < -0.4 is 20.9 Å². The van der Waals surface area contributed by atoms with E-state index in [0.717, 1.165) is 17.4 Å². The van der Waals surface area contributed by atoms with E-state index in [2.05, 4.69) is 5.09 Å². The van der Waals surface area contributed by atoms with Gasteiger partial charge in [-0.3, -0.25) is 23.7 Å². The molecule has 1 unspecified atom stereocenters. The first kappa shape index (κ1) is 32.0. The molecular formula is C25H35FN3O9PS. The van der Waals surface area contributed by atoms with Crippen LogP contribution in [0.1, 0.15) is 45.3 Å². The average molecular weight is 604 g/mol. The predicted molar refractivity (Wildman–Crippen MR) is 147 cm³/mol. The molecule has 1 aromatic heterocycles.